The summed E-state index contributed by atoms with van der Waals surface area (Å²) in [7, 11) is 2.90. The third-order valence-electron chi connectivity index (χ3n) is 3.38. The minimum Gasteiger partial charge on any atom is -0.481 e. The van der Waals surface area contributed by atoms with Crippen molar-refractivity contribution in [2.24, 2.45) is 11.8 Å². The molecule has 0 bridgehead atoms. The number of carboxylic acids is 2. The molecule has 0 aromatic carbocycles. The number of aliphatic carboxylic acids is 2. The van der Waals surface area contributed by atoms with Crippen molar-refractivity contribution in [1.82, 2.24) is 4.90 Å². The molecule has 3 atom stereocenters. The SMILES string of the molecule is C[C@H](CSSC[C@H](C)C(=O)O)C(=O)N1CCCC1C(=O)O. The predicted octanol–water partition coefficient (Wildman–Crippen LogP) is 1.80. The standard InChI is InChI=1S/C13H21NO5S2/c1-8(6-20-21-7-9(2)12(16)17)11(15)14-5-3-4-10(14)13(18)19/h8-10H,3-7H2,1-2H3,(H,16,17)(H,18,19)/t8-,9+,10?/m1/s1. The summed E-state index contributed by atoms with van der Waals surface area (Å²) in [5.74, 6) is -1.52. The lowest BCUT2D eigenvalue weighted by Crippen LogP contribution is -2.43. The lowest BCUT2D eigenvalue weighted by Gasteiger charge is -2.24. The fraction of sp³-hybridized carbons (Fsp3) is 0.769. The smallest absolute Gasteiger partial charge is 0.326 e. The summed E-state index contributed by atoms with van der Waals surface area (Å²) in [4.78, 5) is 35.4. The van der Waals surface area contributed by atoms with Gasteiger partial charge in [-0.2, -0.15) is 0 Å². The maximum absolute atomic E-state index is 12.2. The van der Waals surface area contributed by atoms with Crippen molar-refractivity contribution in [2.75, 3.05) is 18.1 Å². The Morgan fingerprint density at radius 3 is 2.24 bits per heavy atom. The summed E-state index contributed by atoms with van der Waals surface area (Å²) in [5, 5.41) is 17.8. The van der Waals surface area contributed by atoms with Crippen LogP contribution in [0.25, 0.3) is 0 Å². The van der Waals surface area contributed by atoms with Gasteiger partial charge in [-0.3, -0.25) is 9.59 Å². The molecule has 6 nitrogen and oxygen atoms in total. The molecule has 1 heterocycles. The van der Waals surface area contributed by atoms with Crippen LogP contribution in [0, 0.1) is 11.8 Å². The van der Waals surface area contributed by atoms with Crippen molar-refractivity contribution >= 4 is 39.4 Å². The van der Waals surface area contributed by atoms with E-state index in [4.69, 9.17) is 10.2 Å². The van der Waals surface area contributed by atoms with Gasteiger partial charge in [0.15, 0.2) is 0 Å². The molecule has 0 aromatic heterocycles. The van der Waals surface area contributed by atoms with E-state index in [1.807, 2.05) is 0 Å². The lowest BCUT2D eigenvalue weighted by atomic mass is 10.1. The topological polar surface area (TPSA) is 94.9 Å². The van der Waals surface area contributed by atoms with Gasteiger partial charge in [0.05, 0.1) is 5.92 Å². The average molecular weight is 335 g/mol. The van der Waals surface area contributed by atoms with Crippen LogP contribution in [0.3, 0.4) is 0 Å². The first-order valence-electron chi connectivity index (χ1n) is 6.85. The van der Waals surface area contributed by atoms with Gasteiger partial charge in [0.1, 0.15) is 6.04 Å². The van der Waals surface area contributed by atoms with Crippen LogP contribution >= 0.6 is 21.6 Å². The van der Waals surface area contributed by atoms with E-state index in [9.17, 15) is 14.4 Å². The molecule has 1 rings (SSSR count). The van der Waals surface area contributed by atoms with E-state index in [1.54, 1.807) is 13.8 Å². The molecule has 8 heteroatoms. The maximum Gasteiger partial charge on any atom is 0.326 e. The van der Waals surface area contributed by atoms with Crippen LogP contribution in [0.5, 0.6) is 0 Å². The third-order valence-corrected chi connectivity index (χ3v) is 6.14. The number of hydrogen-bond acceptors (Lipinski definition) is 5. The van der Waals surface area contributed by atoms with Crippen LogP contribution in [0.2, 0.25) is 0 Å². The van der Waals surface area contributed by atoms with Crippen LogP contribution in [-0.2, 0) is 14.4 Å². The van der Waals surface area contributed by atoms with E-state index in [0.29, 0.717) is 24.5 Å². The molecule has 120 valence electrons. The molecule has 0 saturated carbocycles. The van der Waals surface area contributed by atoms with E-state index >= 15 is 0 Å². The van der Waals surface area contributed by atoms with Gasteiger partial charge >= 0.3 is 11.9 Å². The molecule has 1 aliphatic rings. The first kappa shape index (κ1) is 18.2. The fourth-order valence-corrected chi connectivity index (χ4v) is 4.70. The highest BCUT2D eigenvalue weighted by Crippen LogP contribution is 2.28. The number of rotatable bonds is 8. The van der Waals surface area contributed by atoms with E-state index in [-0.39, 0.29) is 11.8 Å². The van der Waals surface area contributed by atoms with Crippen molar-refractivity contribution in [3.63, 3.8) is 0 Å². The highest BCUT2D eigenvalue weighted by Gasteiger charge is 2.35. The van der Waals surface area contributed by atoms with E-state index < -0.39 is 23.9 Å². The summed E-state index contributed by atoms with van der Waals surface area (Å²) >= 11 is 0. The van der Waals surface area contributed by atoms with Gasteiger partial charge in [-0.15, -0.1) is 0 Å². The first-order valence-corrected chi connectivity index (χ1v) is 9.34. The number of nitrogens with zero attached hydrogens (tertiary/aromatic N) is 1. The molecular formula is C13H21NO5S2. The summed E-state index contributed by atoms with van der Waals surface area (Å²) < 4.78 is 0. The number of likely N-dealkylation sites (tertiary alicyclic amines) is 1. The number of carbonyl (C=O) groups is 3. The van der Waals surface area contributed by atoms with Gasteiger partial charge in [0.2, 0.25) is 5.91 Å². The van der Waals surface area contributed by atoms with Crippen LogP contribution in [-0.4, -0.2) is 57.1 Å². The molecule has 1 unspecified atom stereocenters. The molecule has 1 amide bonds. The summed E-state index contributed by atoms with van der Waals surface area (Å²) in [6.45, 7) is 3.94. The summed E-state index contributed by atoms with van der Waals surface area (Å²) in [6.07, 6.45) is 1.25. The number of hydrogen-bond donors (Lipinski definition) is 2. The molecule has 0 aliphatic carbocycles. The highest BCUT2D eigenvalue weighted by atomic mass is 33.1. The van der Waals surface area contributed by atoms with E-state index in [0.717, 1.165) is 6.42 Å². The lowest BCUT2D eigenvalue weighted by molar-refractivity contribution is -0.149. The molecule has 2 N–H and O–H groups in total. The summed E-state index contributed by atoms with van der Waals surface area (Å²) in [5.41, 5.74) is 0. The van der Waals surface area contributed by atoms with Gasteiger partial charge in [-0.05, 0) is 12.8 Å². The van der Waals surface area contributed by atoms with Crippen molar-refractivity contribution in [1.29, 1.82) is 0 Å². The van der Waals surface area contributed by atoms with Crippen LogP contribution in [0.1, 0.15) is 26.7 Å². The van der Waals surface area contributed by atoms with Gasteiger partial charge < -0.3 is 15.1 Å². The molecule has 21 heavy (non-hydrogen) atoms. The molecule has 1 fully saturated rings. The molecule has 0 radical (unpaired) electrons. The minimum atomic E-state index is -0.939. The van der Waals surface area contributed by atoms with Gasteiger partial charge in [-0.1, -0.05) is 35.4 Å². The zero-order valence-corrected chi connectivity index (χ0v) is 13.8. The second-order valence-corrected chi connectivity index (χ2v) is 7.79. The Bertz CT molecular complexity index is 404. The maximum atomic E-state index is 12.2. The van der Waals surface area contributed by atoms with Crippen LogP contribution < -0.4 is 0 Å². The Balaban J connectivity index is 2.34. The Morgan fingerprint density at radius 1 is 1.14 bits per heavy atom. The number of carbonyl (C=O) groups excluding carboxylic acids is 1. The van der Waals surface area contributed by atoms with Gasteiger partial charge in [0, 0.05) is 24.0 Å². The Kier molecular flexibility index (Phi) is 7.37. The van der Waals surface area contributed by atoms with E-state index in [2.05, 4.69) is 0 Å². The number of amides is 1. The Labute approximate surface area is 132 Å². The third kappa shape index (κ3) is 5.43. The van der Waals surface area contributed by atoms with Crippen molar-refractivity contribution in [2.45, 2.75) is 32.7 Å². The van der Waals surface area contributed by atoms with Gasteiger partial charge in [0.25, 0.3) is 0 Å². The summed E-state index contributed by atoms with van der Waals surface area (Å²) in [6, 6.07) is -0.690. The van der Waals surface area contributed by atoms with Crippen LogP contribution in [0.4, 0.5) is 0 Å². The quantitative estimate of drug-likeness (QED) is 0.516. The largest absolute Gasteiger partial charge is 0.481 e. The van der Waals surface area contributed by atoms with E-state index in [1.165, 1.54) is 26.5 Å². The zero-order chi connectivity index (χ0) is 16.0. The first-order chi connectivity index (χ1) is 9.84. The second kappa shape index (κ2) is 8.53. The highest BCUT2D eigenvalue weighted by molar-refractivity contribution is 8.76. The average Bonchev–Trinajstić information content (AvgIpc) is 2.91. The normalized spacial score (nSPS) is 21.0. The van der Waals surface area contributed by atoms with Crippen molar-refractivity contribution in [3.8, 4) is 0 Å². The van der Waals surface area contributed by atoms with Gasteiger partial charge in [-0.25, -0.2) is 4.79 Å². The minimum absolute atomic E-state index is 0.126. The molecule has 0 spiro atoms. The van der Waals surface area contributed by atoms with Crippen molar-refractivity contribution < 1.29 is 24.6 Å². The monoisotopic (exact) mass is 335 g/mol. The van der Waals surface area contributed by atoms with Crippen LogP contribution in [0.15, 0.2) is 0 Å². The second-order valence-electron chi connectivity index (χ2n) is 5.24. The Morgan fingerprint density at radius 2 is 1.71 bits per heavy atom. The zero-order valence-electron chi connectivity index (χ0n) is 12.2. The molecule has 1 saturated heterocycles. The molecule has 1 aliphatic heterocycles. The van der Waals surface area contributed by atoms with Crippen molar-refractivity contribution in [3.05, 3.63) is 0 Å². The molecule has 0 aromatic rings. The fourth-order valence-electron chi connectivity index (χ4n) is 2.01. The molecular weight excluding hydrogens is 314 g/mol. The number of carboxylic acid groups (broad SMARTS) is 2. The Hall–Kier alpha value is -0.890. The predicted molar refractivity (Wildman–Crippen MR) is 83.3 cm³/mol.